The summed E-state index contributed by atoms with van der Waals surface area (Å²) in [6.07, 6.45) is 4.14. The van der Waals surface area contributed by atoms with Crippen LogP contribution in [0.1, 0.15) is 53.4 Å². The average molecular weight is 462 g/mol. The highest BCUT2D eigenvalue weighted by Crippen LogP contribution is 2.08. The van der Waals surface area contributed by atoms with E-state index in [-0.39, 0.29) is 29.7 Å². The summed E-state index contributed by atoms with van der Waals surface area (Å²) >= 11 is 0. The normalized spacial score (nSPS) is 14.0. The molecular formula is C15H35IN4O2S. The van der Waals surface area contributed by atoms with E-state index in [9.17, 15) is 8.42 Å². The molecule has 6 nitrogen and oxygen atoms in total. The highest BCUT2D eigenvalue weighted by molar-refractivity contribution is 14.0. The Morgan fingerprint density at radius 2 is 1.83 bits per heavy atom. The zero-order valence-electron chi connectivity index (χ0n) is 15.2. The second-order valence-electron chi connectivity index (χ2n) is 6.21. The third-order valence-electron chi connectivity index (χ3n) is 3.57. The van der Waals surface area contributed by atoms with Gasteiger partial charge < -0.3 is 11.1 Å². The van der Waals surface area contributed by atoms with Gasteiger partial charge in [0.2, 0.25) is 10.0 Å². The van der Waals surface area contributed by atoms with Crippen molar-refractivity contribution in [2.45, 2.75) is 59.4 Å². The van der Waals surface area contributed by atoms with Crippen LogP contribution in [0.3, 0.4) is 0 Å². The molecular weight excluding hydrogens is 427 g/mol. The molecule has 0 bridgehead atoms. The molecule has 0 heterocycles. The van der Waals surface area contributed by atoms with Gasteiger partial charge in [0.25, 0.3) is 0 Å². The molecule has 3 N–H and O–H groups in total. The van der Waals surface area contributed by atoms with Crippen molar-refractivity contribution in [2.24, 2.45) is 16.6 Å². The Balaban J connectivity index is 0. The number of halogens is 1. The first-order chi connectivity index (χ1) is 10.2. The summed E-state index contributed by atoms with van der Waals surface area (Å²) in [6.45, 7) is 9.20. The van der Waals surface area contributed by atoms with Crippen LogP contribution in [0.4, 0.5) is 0 Å². The summed E-state index contributed by atoms with van der Waals surface area (Å²) in [7, 11) is -1.50. The van der Waals surface area contributed by atoms with E-state index in [1.807, 2.05) is 0 Å². The number of nitrogens with one attached hydrogen (secondary N) is 1. The summed E-state index contributed by atoms with van der Waals surface area (Å²) < 4.78 is 24.5. The lowest BCUT2D eigenvalue weighted by Crippen LogP contribution is -2.38. The maximum Gasteiger partial charge on any atom is 0.213 e. The Morgan fingerprint density at radius 3 is 2.35 bits per heavy atom. The molecule has 0 radical (unpaired) electrons. The summed E-state index contributed by atoms with van der Waals surface area (Å²) in [5.41, 5.74) is 5.84. The summed E-state index contributed by atoms with van der Waals surface area (Å²) in [6, 6.07) is 0.311. The second kappa shape index (κ2) is 13.2. The van der Waals surface area contributed by atoms with E-state index < -0.39 is 10.0 Å². The van der Waals surface area contributed by atoms with Gasteiger partial charge in [-0.2, -0.15) is 0 Å². The van der Waals surface area contributed by atoms with Crippen LogP contribution in [0.2, 0.25) is 0 Å². The van der Waals surface area contributed by atoms with Crippen LogP contribution in [0, 0.1) is 5.92 Å². The van der Waals surface area contributed by atoms with Crippen molar-refractivity contribution in [3.63, 3.8) is 0 Å². The van der Waals surface area contributed by atoms with Crippen LogP contribution >= 0.6 is 24.0 Å². The summed E-state index contributed by atoms with van der Waals surface area (Å²) in [4.78, 5) is 4.25. The lowest BCUT2D eigenvalue weighted by molar-refractivity contribution is 0.464. The third kappa shape index (κ3) is 12.9. The molecule has 0 saturated heterocycles. The van der Waals surface area contributed by atoms with Gasteiger partial charge in [-0.1, -0.05) is 26.7 Å². The van der Waals surface area contributed by atoms with Gasteiger partial charge in [0.15, 0.2) is 5.96 Å². The van der Waals surface area contributed by atoms with Crippen molar-refractivity contribution in [1.82, 2.24) is 9.62 Å². The maximum absolute atomic E-state index is 11.6. The summed E-state index contributed by atoms with van der Waals surface area (Å²) in [5.74, 6) is 1.30. The molecule has 140 valence electrons. The van der Waals surface area contributed by atoms with E-state index in [4.69, 9.17) is 5.73 Å². The van der Waals surface area contributed by atoms with E-state index >= 15 is 0 Å². The van der Waals surface area contributed by atoms with Gasteiger partial charge in [0.1, 0.15) is 0 Å². The summed E-state index contributed by atoms with van der Waals surface area (Å²) in [5, 5.41) is 3.18. The molecule has 23 heavy (non-hydrogen) atoms. The van der Waals surface area contributed by atoms with Crippen LogP contribution in [-0.4, -0.2) is 50.6 Å². The molecule has 0 amide bonds. The predicted octanol–water partition coefficient (Wildman–Crippen LogP) is 2.40. The maximum atomic E-state index is 11.6. The van der Waals surface area contributed by atoms with Crippen molar-refractivity contribution < 1.29 is 8.42 Å². The number of sulfonamides is 1. The fraction of sp³-hybridized carbons (Fsp3) is 0.933. The Bertz CT molecular complexity index is 427. The first-order valence-electron chi connectivity index (χ1n) is 8.19. The fourth-order valence-corrected chi connectivity index (χ4v) is 2.90. The van der Waals surface area contributed by atoms with Crippen LogP contribution < -0.4 is 11.1 Å². The molecule has 8 heteroatoms. The lowest BCUT2D eigenvalue weighted by atomic mass is 10.0. The highest BCUT2D eigenvalue weighted by atomic mass is 127. The minimum Gasteiger partial charge on any atom is -0.370 e. The van der Waals surface area contributed by atoms with E-state index in [2.05, 4.69) is 31.1 Å². The van der Waals surface area contributed by atoms with Gasteiger partial charge in [-0.3, -0.25) is 4.99 Å². The molecule has 0 saturated carbocycles. The van der Waals surface area contributed by atoms with Crippen molar-refractivity contribution in [3.05, 3.63) is 0 Å². The van der Waals surface area contributed by atoms with Gasteiger partial charge in [0.05, 0.1) is 5.75 Å². The Hall–Kier alpha value is -0.0900. The topological polar surface area (TPSA) is 87.8 Å². The smallest absolute Gasteiger partial charge is 0.213 e. The third-order valence-corrected chi connectivity index (χ3v) is 5.43. The van der Waals surface area contributed by atoms with Gasteiger partial charge in [-0.05, 0) is 32.6 Å². The number of aliphatic imine (C=N–C) groups is 1. The zero-order chi connectivity index (χ0) is 17.2. The van der Waals surface area contributed by atoms with Crippen LogP contribution in [0.15, 0.2) is 4.99 Å². The quantitative estimate of drug-likeness (QED) is 0.214. The molecule has 0 aliphatic heterocycles. The SMILES string of the molecule is CCS(=O)(=O)N(C)CCCN=C(N)NC(C)CCCC(C)C.I. The van der Waals surface area contributed by atoms with E-state index in [0.717, 1.165) is 12.3 Å². The van der Waals surface area contributed by atoms with Crippen molar-refractivity contribution in [1.29, 1.82) is 0 Å². The molecule has 1 unspecified atom stereocenters. The van der Waals surface area contributed by atoms with Crippen LogP contribution in [0.5, 0.6) is 0 Å². The molecule has 0 aliphatic rings. The Labute approximate surface area is 159 Å². The average Bonchev–Trinajstić information content (AvgIpc) is 2.42. The lowest BCUT2D eigenvalue weighted by Gasteiger charge is -2.16. The van der Waals surface area contributed by atoms with Crippen LogP contribution in [0.25, 0.3) is 0 Å². The fourth-order valence-electron chi connectivity index (χ4n) is 2.05. The van der Waals surface area contributed by atoms with Crippen molar-refractivity contribution in [2.75, 3.05) is 25.9 Å². The number of rotatable bonds is 11. The molecule has 0 spiro atoms. The standard InChI is InChI=1S/C15H34N4O2S.HI/c1-6-22(20,21)19(5)12-8-11-17-15(16)18-14(4)10-7-9-13(2)3;/h13-14H,6-12H2,1-5H3,(H3,16,17,18);1H. The van der Waals surface area contributed by atoms with Gasteiger partial charge >= 0.3 is 0 Å². The molecule has 0 fully saturated rings. The Kier molecular flexibility index (Phi) is 14.5. The highest BCUT2D eigenvalue weighted by Gasteiger charge is 2.13. The monoisotopic (exact) mass is 462 g/mol. The number of hydrogen-bond acceptors (Lipinski definition) is 3. The first-order valence-corrected chi connectivity index (χ1v) is 9.80. The van der Waals surface area contributed by atoms with E-state index in [0.29, 0.717) is 31.5 Å². The van der Waals surface area contributed by atoms with Gasteiger partial charge in [-0.15, -0.1) is 24.0 Å². The molecule has 0 aliphatic carbocycles. The first kappa shape index (κ1) is 25.2. The van der Waals surface area contributed by atoms with Crippen molar-refractivity contribution >= 4 is 40.0 Å². The zero-order valence-corrected chi connectivity index (χ0v) is 18.4. The van der Waals surface area contributed by atoms with Gasteiger partial charge in [0, 0.05) is 26.2 Å². The molecule has 1 atom stereocenters. The van der Waals surface area contributed by atoms with E-state index in [1.54, 1.807) is 14.0 Å². The minimum atomic E-state index is -3.10. The molecule has 0 rings (SSSR count). The van der Waals surface area contributed by atoms with Crippen LogP contribution in [-0.2, 0) is 10.0 Å². The number of hydrogen-bond donors (Lipinski definition) is 2. The number of nitrogens with zero attached hydrogens (tertiary/aromatic N) is 2. The predicted molar refractivity (Wildman–Crippen MR) is 110 cm³/mol. The number of nitrogens with two attached hydrogens (primary N) is 1. The number of guanidine groups is 1. The second-order valence-corrected chi connectivity index (χ2v) is 8.58. The minimum absolute atomic E-state index is 0. The van der Waals surface area contributed by atoms with Gasteiger partial charge in [-0.25, -0.2) is 12.7 Å². The van der Waals surface area contributed by atoms with Crippen molar-refractivity contribution in [3.8, 4) is 0 Å². The molecule has 0 aromatic carbocycles. The largest absolute Gasteiger partial charge is 0.370 e. The molecule has 0 aromatic rings. The van der Waals surface area contributed by atoms with E-state index in [1.165, 1.54) is 17.1 Å². The molecule has 0 aromatic heterocycles. The Morgan fingerprint density at radius 1 is 1.22 bits per heavy atom.